The van der Waals surface area contributed by atoms with Gasteiger partial charge in [0.1, 0.15) is 6.04 Å². The molecule has 1 aromatic rings. The van der Waals surface area contributed by atoms with Crippen LogP contribution in [0.25, 0.3) is 0 Å². The highest BCUT2D eigenvalue weighted by molar-refractivity contribution is 5.79. The fourth-order valence-corrected chi connectivity index (χ4v) is 2.71. The number of piperazine rings is 1. The average molecular weight is 331 g/mol. The standard InChI is InChI=1S/C15H24F3N5/c1-12(15(16,17)18)22-7-9-23(10-8-22)14(19-2)20-11-13-5-4-6-21(13)3/h4-6,12H,7-11H2,1-3H3,(H,19,20). The number of aryl methyl sites for hydroxylation is 1. The van der Waals surface area contributed by atoms with Crippen molar-refractivity contribution in [3.05, 3.63) is 24.0 Å². The summed E-state index contributed by atoms with van der Waals surface area (Å²) in [6.07, 6.45) is -2.20. The number of alkyl halides is 3. The summed E-state index contributed by atoms with van der Waals surface area (Å²) in [6.45, 7) is 3.69. The summed E-state index contributed by atoms with van der Waals surface area (Å²) >= 11 is 0. The first-order chi connectivity index (χ1) is 10.8. The van der Waals surface area contributed by atoms with Crippen LogP contribution in [0.2, 0.25) is 0 Å². The van der Waals surface area contributed by atoms with Crippen molar-refractivity contribution in [3.8, 4) is 0 Å². The van der Waals surface area contributed by atoms with Gasteiger partial charge in [-0.15, -0.1) is 0 Å². The second-order valence-corrected chi connectivity index (χ2v) is 5.75. The number of aliphatic imine (C=N–C) groups is 1. The number of hydrogen-bond donors (Lipinski definition) is 1. The zero-order chi connectivity index (χ0) is 17.0. The molecule has 130 valence electrons. The van der Waals surface area contributed by atoms with Crippen LogP contribution in [0, 0.1) is 0 Å². The predicted octanol–water partition coefficient (Wildman–Crippen LogP) is 1.67. The lowest BCUT2D eigenvalue weighted by Crippen LogP contribution is -2.56. The molecule has 23 heavy (non-hydrogen) atoms. The Bertz CT molecular complexity index is 529. The van der Waals surface area contributed by atoms with Crippen LogP contribution in [0.5, 0.6) is 0 Å². The molecule has 0 radical (unpaired) electrons. The number of nitrogens with one attached hydrogen (secondary N) is 1. The first-order valence-corrected chi connectivity index (χ1v) is 7.69. The van der Waals surface area contributed by atoms with E-state index in [-0.39, 0.29) is 0 Å². The quantitative estimate of drug-likeness (QED) is 0.676. The molecule has 8 heteroatoms. The van der Waals surface area contributed by atoms with Crippen LogP contribution < -0.4 is 5.32 Å². The lowest BCUT2D eigenvalue weighted by molar-refractivity contribution is -0.181. The Morgan fingerprint density at radius 1 is 1.30 bits per heavy atom. The molecule has 0 spiro atoms. The van der Waals surface area contributed by atoms with E-state index in [2.05, 4.69) is 10.3 Å². The molecule has 2 rings (SSSR count). The van der Waals surface area contributed by atoms with E-state index in [1.165, 1.54) is 11.8 Å². The highest BCUT2D eigenvalue weighted by Crippen LogP contribution is 2.25. The third-order valence-corrected chi connectivity index (χ3v) is 4.33. The zero-order valence-corrected chi connectivity index (χ0v) is 13.8. The van der Waals surface area contributed by atoms with Crippen molar-refractivity contribution in [2.75, 3.05) is 33.2 Å². The Morgan fingerprint density at radius 2 is 1.96 bits per heavy atom. The molecule has 2 heterocycles. The van der Waals surface area contributed by atoms with Crippen LogP contribution in [-0.4, -0.2) is 65.8 Å². The molecule has 0 aromatic carbocycles. The SMILES string of the molecule is CN=C(NCc1cccn1C)N1CCN(C(C)C(F)(F)F)CC1. The molecule has 0 bridgehead atoms. The molecule has 1 aliphatic heterocycles. The van der Waals surface area contributed by atoms with E-state index < -0.39 is 12.2 Å². The van der Waals surface area contributed by atoms with E-state index in [4.69, 9.17) is 0 Å². The van der Waals surface area contributed by atoms with Gasteiger partial charge in [0.05, 0.1) is 6.54 Å². The smallest absolute Gasteiger partial charge is 0.353 e. The Morgan fingerprint density at radius 3 is 2.43 bits per heavy atom. The van der Waals surface area contributed by atoms with Crippen molar-refractivity contribution in [1.82, 2.24) is 19.7 Å². The van der Waals surface area contributed by atoms with Gasteiger partial charge in [-0.3, -0.25) is 9.89 Å². The topological polar surface area (TPSA) is 35.8 Å². The van der Waals surface area contributed by atoms with Crippen LogP contribution in [0.15, 0.2) is 23.3 Å². The summed E-state index contributed by atoms with van der Waals surface area (Å²) in [5, 5.41) is 3.27. The maximum Gasteiger partial charge on any atom is 0.403 e. The van der Waals surface area contributed by atoms with Crippen LogP contribution in [0.1, 0.15) is 12.6 Å². The predicted molar refractivity (Wildman–Crippen MR) is 84.3 cm³/mol. The van der Waals surface area contributed by atoms with Gasteiger partial charge in [0.2, 0.25) is 0 Å². The maximum atomic E-state index is 12.8. The minimum Gasteiger partial charge on any atom is -0.353 e. The van der Waals surface area contributed by atoms with E-state index in [9.17, 15) is 13.2 Å². The molecule has 0 aliphatic carbocycles. The molecule has 1 fully saturated rings. The summed E-state index contributed by atoms with van der Waals surface area (Å²) < 4.78 is 40.3. The lowest BCUT2D eigenvalue weighted by atomic mass is 10.2. The zero-order valence-electron chi connectivity index (χ0n) is 13.8. The van der Waals surface area contributed by atoms with Crippen molar-refractivity contribution in [3.63, 3.8) is 0 Å². The molecular weight excluding hydrogens is 307 g/mol. The summed E-state index contributed by atoms with van der Waals surface area (Å²) in [5.41, 5.74) is 1.12. The van der Waals surface area contributed by atoms with Crippen molar-refractivity contribution in [2.24, 2.45) is 12.0 Å². The monoisotopic (exact) mass is 331 g/mol. The summed E-state index contributed by atoms with van der Waals surface area (Å²) in [6, 6.07) is 2.59. The molecule has 5 nitrogen and oxygen atoms in total. The average Bonchev–Trinajstić information content (AvgIpc) is 2.92. The third-order valence-electron chi connectivity index (χ3n) is 4.33. The van der Waals surface area contributed by atoms with Crippen LogP contribution >= 0.6 is 0 Å². The Balaban J connectivity index is 1.86. The number of hydrogen-bond acceptors (Lipinski definition) is 2. The number of nitrogens with zero attached hydrogens (tertiary/aromatic N) is 4. The number of aromatic nitrogens is 1. The fraction of sp³-hybridized carbons (Fsp3) is 0.667. The van der Waals surface area contributed by atoms with E-state index in [0.29, 0.717) is 32.7 Å². The summed E-state index contributed by atoms with van der Waals surface area (Å²) in [5.74, 6) is 0.727. The second-order valence-electron chi connectivity index (χ2n) is 5.75. The second kappa shape index (κ2) is 7.25. The molecule has 1 atom stereocenters. The summed E-state index contributed by atoms with van der Waals surface area (Å²) in [4.78, 5) is 7.72. The van der Waals surface area contributed by atoms with Crippen molar-refractivity contribution in [2.45, 2.75) is 25.7 Å². The molecule has 1 unspecified atom stereocenters. The Labute approximate surface area is 134 Å². The van der Waals surface area contributed by atoms with Gasteiger partial charge in [0.15, 0.2) is 5.96 Å². The first-order valence-electron chi connectivity index (χ1n) is 7.69. The molecule has 1 aliphatic rings. The van der Waals surface area contributed by atoms with Crippen LogP contribution in [0.3, 0.4) is 0 Å². The number of rotatable bonds is 3. The fourth-order valence-electron chi connectivity index (χ4n) is 2.71. The molecule has 0 amide bonds. The molecule has 1 N–H and O–H groups in total. The highest BCUT2D eigenvalue weighted by Gasteiger charge is 2.41. The van der Waals surface area contributed by atoms with Crippen LogP contribution in [-0.2, 0) is 13.6 Å². The van der Waals surface area contributed by atoms with Gasteiger partial charge in [0.25, 0.3) is 0 Å². The largest absolute Gasteiger partial charge is 0.403 e. The lowest BCUT2D eigenvalue weighted by Gasteiger charge is -2.39. The molecular formula is C15H24F3N5. The Hall–Kier alpha value is -1.70. The molecule has 1 aromatic heterocycles. The normalized spacial score (nSPS) is 19.0. The number of guanidine groups is 1. The van der Waals surface area contributed by atoms with Crippen molar-refractivity contribution >= 4 is 5.96 Å². The van der Waals surface area contributed by atoms with Gasteiger partial charge in [-0.05, 0) is 19.1 Å². The minimum absolute atomic E-state index is 0.380. The van der Waals surface area contributed by atoms with Gasteiger partial charge in [-0.1, -0.05) is 0 Å². The van der Waals surface area contributed by atoms with E-state index in [0.717, 1.165) is 11.7 Å². The summed E-state index contributed by atoms with van der Waals surface area (Å²) in [7, 11) is 3.66. The van der Waals surface area contributed by atoms with Gasteiger partial charge in [-0.2, -0.15) is 13.2 Å². The first kappa shape index (κ1) is 17.7. The van der Waals surface area contributed by atoms with Crippen molar-refractivity contribution < 1.29 is 13.2 Å². The maximum absolute atomic E-state index is 12.8. The number of halogens is 3. The van der Waals surface area contributed by atoms with E-state index >= 15 is 0 Å². The molecule has 1 saturated heterocycles. The van der Waals surface area contributed by atoms with Crippen LogP contribution in [0.4, 0.5) is 13.2 Å². The minimum atomic E-state index is -4.17. The molecule has 0 saturated carbocycles. The highest BCUT2D eigenvalue weighted by atomic mass is 19.4. The van der Waals surface area contributed by atoms with E-state index in [1.54, 1.807) is 7.05 Å². The van der Waals surface area contributed by atoms with Gasteiger partial charge in [-0.25, -0.2) is 0 Å². The van der Waals surface area contributed by atoms with Gasteiger partial charge in [0, 0.05) is 52.2 Å². The third kappa shape index (κ3) is 4.40. The van der Waals surface area contributed by atoms with Gasteiger partial charge < -0.3 is 14.8 Å². The Kier molecular flexibility index (Phi) is 5.56. The van der Waals surface area contributed by atoms with E-state index in [1.807, 2.05) is 34.8 Å². The van der Waals surface area contributed by atoms with Gasteiger partial charge >= 0.3 is 6.18 Å². The van der Waals surface area contributed by atoms with Crippen molar-refractivity contribution in [1.29, 1.82) is 0 Å².